The summed E-state index contributed by atoms with van der Waals surface area (Å²) in [6.07, 6.45) is 1.64. The summed E-state index contributed by atoms with van der Waals surface area (Å²) in [7, 11) is 0. The van der Waals surface area contributed by atoms with E-state index in [2.05, 4.69) is 42.9 Å². The summed E-state index contributed by atoms with van der Waals surface area (Å²) in [6.45, 7) is 2.06. The Kier molecular flexibility index (Phi) is 5.40. The summed E-state index contributed by atoms with van der Waals surface area (Å²) >= 11 is 2.06. The molecule has 0 bridgehead atoms. The van der Waals surface area contributed by atoms with Gasteiger partial charge in [0.25, 0.3) is 0 Å². The Morgan fingerprint density at radius 1 is 1.35 bits per heavy atom. The van der Waals surface area contributed by atoms with Gasteiger partial charge in [-0.05, 0) is 53.8 Å². The highest BCUT2D eigenvalue weighted by Crippen LogP contribution is 2.15. The van der Waals surface area contributed by atoms with Gasteiger partial charge in [0.05, 0.1) is 12.1 Å². The fourth-order valence-electron chi connectivity index (χ4n) is 2.13. The van der Waals surface area contributed by atoms with E-state index in [0.29, 0.717) is 33.1 Å². The van der Waals surface area contributed by atoms with Crippen LogP contribution in [0.2, 0.25) is 0 Å². The molecule has 2 aromatic heterocycles. The molecule has 0 fully saturated rings. The molecule has 0 aliphatic carbocycles. The minimum Gasteiger partial charge on any atom is -0.455 e. The normalized spacial score (nSPS) is 10.7. The number of anilines is 1. The van der Waals surface area contributed by atoms with Crippen molar-refractivity contribution in [3.05, 3.63) is 62.6 Å². The summed E-state index contributed by atoms with van der Waals surface area (Å²) in [4.78, 5) is 20.2. The minimum absolute atomic E-state index is 0.0473. The van der Waals surface area contributed by atoms with E-state index >= 15 is 0 Å². The van der Waals surface area contributed by atoms with Crippen LogP contribution in [0, 0.1) is 16.4 Å². The molecule has 0 amide bonds. The van der Waals surface area contributed by atoms with Gasteiger partial charge in [-0.3, -0.25) is 0 Å². The van der Waals surface area contributed by atoms with Gasteiger partial charge in [0.15, 0.2) is 0 Å². The highest BCUT2D eigenvalue weighted by atomic mass is 127. The van der Waals surface area contributed by atoms with Crippen LogP contribution in [0.1, 0.15) is 27.4 Å². The molecule has 0 spiro atoms. The SMILES string of the molecule is Cc1ncc(Cn2nnc(COC(=O)c3ccc(F)cc3)c2I)c(N)n1. The number of nitrogens with zero attached hydrogens (tertiary/aromatic N) is 5. The zero-order valence-corrected chi connectivity index (χ0v) is 15.8. The maximum atomic E-state index is 12.9. The van der Waals surface area contributed by atoms with Crippen molar-refractivity contribution in [3.63, 3.8) is 0 Å². The second-order valence-corrected chi connectivity index (χ2v) is 6.42. The number of benzene rings is 1. The molecule has 1 aromatic carbocycles. The number of aryl methyl sites for hydroxylation is 1. The zero-order valence-electron chi connectivity index (χ0n) is 13.7. The third kappa shape index (κ3) is 4.12. The van der Waals surface area contributed by atoms with E-state index < -0.39 is 11.8 Å². The Labute approximate surface area is 161 Å². The number of hydrogen-bond acceptors (Lipinski definition) is 7. The van der Waals surface area contributed by atoms with Crippen LogP contribution in [0.15, 0.2) is 30.5 Å². The maximum absolute atomic E-state index is 12.9. The fraction of sp³-hybridized carbons (Fsp3) is 0.188. The molecule has 26 heavy (non-hydrogen) atoms. The van der Waals surface area contributed by atoms with Crippen LogP contribution in [0.4, 0.5) is 10.2 Å². The lowest BCUT2D eigenvalue weighted by molar-refractivity contribution is 0.0466. The average Bonchev–Trinajstić information content (AvgIpc) is 2.96. The average molecular weight is 468 g/mol. The largest absolute Gasteiger partial charge is 0.455 e. The second kappa shape index (κ2) is 7.72. The summed E-state index contributed by atoms with van der Waals surface area (Å²) in [6, 6.07) is 5.12. The Bertz CT molecular complexity index is 944. The smallest absolute Gasteiger partial charge is 0.338 e. The Balaban J connectivity index is 1.67. The van der Waals surface area contributed by atoms with E-state index in [1.54, 1.807) is 17.8 Å². The molecule has 0 aliphatic heterocycles. The minimum atomic E-state index is -0.563. The van der Waals surface area contributed by atoms with Crippen molar-refractivity contribution in [3.8, 4) is 0 Å². The van der Waals surface area contributed by atoms with Crippen LogP contribution in [0.25, 0.3) is 0 Å². The molecule has 0 aliphatic rings. The monoisotopic (exact) mass is 468 g/mol. The summed E-state index contributed by atoms with van der Waals surface area (Å²) in [5.41, 5.74) is 7.37. The maximum Gasteiger partial charge on any atom is 0.338 e. The van der Waals surface area contributed by atoms with E-state index in [4.69, 9.17) is 10.5 Å². The van der Waals surface area contributed by atoms with Gasteiger partial charge in [-0.2, -0.15) is 0 Å². The summed E-state index contributed by atoms with van der Waals surface area (Å²) < 4.78 is 20.4. The van der Waals surface area contributed by atoms with E-state index in [9.17, 15) is 9.18 Å². The quantitative estimate of drug-likeness (QED) is 0.451. The molecule has 0 saturated carbocycles. The van der Waals surface area contributed by atoms with Crippen molar-refractivity contribution in [2.24, 2.45) is 0 Å². The number of halogens is 2. The summed E-state index contributed by atoms with van der Waals surface area (Å²) in [5, 5.41) is 8.07. The third-order valence-corrected chi connectivity index (χ3v) is 4.68. The van der Waals surface area contributed by atoms with Gasteiger partial charge in [0.2, 0.25) is 0 Å². The molecule has 8 nitrogen and oxygen atoms in total. The van der Waals surface area contributed by atoms with Crippen molar-refractivity contribution in [2.45, 2.75) is 20.1 Å². The predicted octanol–water partition coefficient (Wildman–Crippen LogP) is 2.11. The van der Waals surface area contributed by atoms with E-state index in [0.717, 1.165) is 0 Å². The lowest BCUT2D eigenvalue weighted by Crippen LogP contribution is -2.10. The number of aromatic nitrogens is 5. The Morgan fingerprint density at radius 3 is 2.77 bits per heavy atom. The molecular weight excluding hydrogens is 454 g/mol. The number of carbonyl (C=O) groups excluding carboxylic acids is 1. The molecule has 3 rings (SSSR count). The Hall–Kier alpha value is -2.63. The molecule has 0 unspecified atom stereocenters. The lowest BCUT2D eigenvalue weighted by atomic mass is 10.2. The number of esters is 1. The topological polar surface area (TPSA) is 109 Å². The molecule has 0 saturated heterocycles. The summed E-state index contributed by atoms with van der Waals surface area (Å²) in [5.74, 6) is -0.00838. The number of nitrogen functional groups attached to an aromatic ring is 1. The van der Waals surface area contributed by atoms with Gasteiger partial charge in [0.1, 0.15) is 33.5 Å². The van der Waals surface area contributed by atoms with Gasteiger partial charge in [-0.25, -0.2) is 23.8 Å². The number of rotatable bonds is 5. The highest BCUT2D eigenvalue weighted by Gasteiger charge is 2.15. The first kappa shape index (κ1) is 18.2. The van der Waals surface area contributed by atoms with E-state index in [-0.39, 0.29) is 12.2 Å². The molecule has 2 N–H and O–H groups in total. The first-order chi connectivity index (χ1) is 12.4. The van der Waals surface area contributed by atoms with Crippen LogP contribution in [0.3, 0.4) is 0 Å². The van der Waals surface area contributed by atoms with Crippen molar-refractivity contribution in [1.29, 1.82) is 0 Å². The van der Waals surface area contributed by atoms with Gasteiger partial charge >= 0.3 is 5.97 Å². The van der Waals surface area contributed by atoms with Gasteiger partial charge in [0, 0.05) is 11.8 Å². The highest BCUT2D eigenvalue weighted by molar-refractivity contribution is 14.1. The van der Waals surface area contributed by atoms with E-state index in [1.807, 2.05) is 0 Å². The van der Waals surface area contributed by atoms with Gasteiger partial charge < -0.3 is 10.5 Å². The molecule has 3 aromatic rings. The van der Waals surface area contributed by atoms with Crippen molar-refractivity contribution in [1.82, 2.24) is 25.0 Å². The van der Waals surface area contributed by atoms with Crippen LogP contribution in [0.5, 0.6) is 0 Å². The lowest BCUT2D eigenvalue weighted by Gasteiger charge is -2.06. The first-order valence-electron chi connectivity index (χ1n) is 7.52. The number of carbonyl (C=O) groups is 1. The first-order valence-corrected chi connectivity index (χ1v) is 8.60. The van der Waals surface area contributed by atoms with Crippen molar-refractivity contribution >= 4 is 34.4 Å². The van der Waals surface area contributed by atoms with Gasteiger partial charge in [-0.1, -0.05) is 5.21 Å². The standard InChI is InChI=1S/C16H14FIN6O2/c1-9-20-6-11(15(19)21-9)7-24-14(18)13(22-23-24)8-26-16(25)10-2-4-12(17)5-3-10/h2-6H,7-8H2,1H3,(H2,19,20,21). The van der Waals surface area contributed by atoms with Crippen LogP contribution < -0.4 is 5.73 Å². The van der Waals surface area contributed by atoms with Crippen molar-refractivity contribution in [2.75, 3.05) is 5.73 Å². The zero-order chi connectivity index (χ0) is 18.7. The Morgan fingerprint density at radius 2 is 2.08 bits per heavy atom. The van der Waals surface area contributed by atoms with Gasteiger partial charge in [-0.15, -0.1) is 5.10 Å². The molecule has 0 radical (unpaired) electrons. The second-order valence-electron chi connectivity index (χ2n) is 5.40. The van der Waals surface area contributed by atoms with Crippen molar-refractivity contribution < 1.29 is 13.9 Å². The fourth-order valence-corrected chi connectivity index (χ4v) is 2.66. The molecule has 10 heteroatoms. The predicted molar refractivity (Wildman–Crippen MR) is 98.5 cm³/mol. The third-order valence-electron chi connectivity index (χ3n) is 3.50. The van der Waals surface area contributed by atoms with E-state index in [1.165, 1.54) is 24.3 Å². The number of hydrogen-bond donors (Lipinski definition) is 1. The van der Waals surface area contributed by atoms with Crippen LogP contribution in [-0.2, 0) is 17.9 Å². The van der Waals surface area contributed by atoms with Crippen LogP contribution in [-0.4, -0.2) is 30.9 Å². The number of ether oxygens (including phenoxy) is 1. The molecule has 0 atom stereocenters. The van der Waals surface area contributed by atoms with Crippen LogP contribution >= 0.6 is 22.6 Å². The number of nitrogens with two attached hydrogens (primary N) is 1. The molecule has 134 valence electrons. The molecular formula is C16H14FIN6O2. The molecule has 2 heterocycles.